The van der Waals surface area contributed by atoms with Gasteiger partial charge in [-0.05, 0) is 31.2 Å². The van der Waals surface area contributed by atoms with Crippen molar-refractivity contribution in [1.29, 1.82) is 0 Å². The fraction of sp³-hybridized carbons (Fsp3) is 0.846. The Labute approximate surface area is 108 Å². The molecule has 5 nitrogen and oxygen atoms in total. The summed E-state index contributed by atoms with van der Waals surface area (Å²) in [5.41, 5.74) is 5.79. The largest absolute Gasteiger partial charge is 0.381 e. The zero-order valence-corrected chi connectivity index (χ0v) is 11.3. The molecule has 0 aliphatic carbocycles. The summed E-state index contributed by atoms with van der Waals surface area (Å²) >= 11 is 0. The molecule has 0 aromatic carbocycles. The second-order valence-corrected chi connectivity index (χ2v) is 5.54. The molecule has 1 aliphatic rings. The van der Waals surface area contributed by atoms with Crippen LogP contribution in [0.2, 0.25) is 0 Å². The normalized spacial score (nSPS) is 21.7. The van der Waals surface area contributed by atoms with Crippen LogP contribution in [0.4, 0.5) is 0 Å². The van der Waals surface area contributed by atoms with E-state index in [1.165, 1.54) is 0 Å². The molecule has 0 saturated carbocycles. The van der Waals surface area contributed by atoms with E-state index in [1.54, 1.807) is 0 Å². The highest BCUT2D eigenvalue weighted by Crippen LogP contribution is 2.23. The van der Waals surface area contributed by atoms with E-state index < -0.39 is 0 Å². The Bertz CT molecular complexity index is 359. The predicted molar refractivity (Wildman–Crippen MR) is 68.2 cm³/mol. The van der Waals surface area contributed by atoms with E-state index >= 15 is 0 Å². The molecular weight excluding hydrogens is 230 g/mol. The first kappa shape index (κ1) is 13.5. The van der Waals surface area contributed by atoms with Crippen LogP contribution >= 0.6 is 0 Å². The van der Waals surface area contributed by atoms with Crippen LogP contribution in [0.1, 0.15) is 44.3 Å². The first-order valence-corrected chi connectivity index (χ1v) is 6.79. The number of hydrogen-bond donors (Lipinski definition) is 1. The maximum absolute atomic E-state index is 5.79. The second-order valence-electron chi connectivity index (χ2n) is 5.54. The van der Waals surface area contributed by atoms with Gasteiger partial charge in [-0.3, -0.25) is 0 Å². The molecule has 0 spiro atoms. The summed E-state index contributed by atoms with van der Waals surface area (Å²) in [6, 6.07) is 0. The SMILES string of the molecule is CC(C)C[C@H](CN)Cc1nc(C2CCOC2)no1. The minimum Gasteiger partial charge on any atom is -0.381 e. The van der Waals surface area contributed by atoms with Crippen LogP contribution in [0.5, 0.6) is 0 Å². The van der Waals surface area contributed by atoms with Gasteiger partial charge in [0, 0.05) is 18.9 Å². The second kappa shape index (κ2) is 6.29. The van der Waals surface area contributed by atoms with Crippen molar-refractivity contribution >= 4 is 0 Å². The van der Waals surface area contributed by atoms with Gasteiger partial charge < -0.3 is 15.0 Å². The molecule has 0 bridgehead atoms. The number of nitrogens with zero attached hydrogens (tertiary/aromatic N) is 2. The molecule has 102 valence electrons. The van der Waals surface area contributed by atoms with Gasteiger partial charge in [-0.1, -0.05) is 19.0 Å². The molecule has 2 atom stereocenters. The van der Waals surface area contributed by atoms with E-state index in [0.717, 1.165) is 31.7 Å². The summed E-state index contributed by atoms with van der Waals surface area (Å²) in [7, 11) is 0. The van der Waals surface area contributed by atoms with Crippen LogP contribution in [-0.2, 0) is 11.2 Å². The molecule has 1 aromatic heterocycles. The minimum atomic E-state index is 0.309. The van der Waals surface area contributed by atoms with Crippen LogP contribution in [0, 0.1) is 11.8 Å². The maximum atomic E-state index is 5.79. The molecule has 5 heteroatoms. The van der Waals surface area contributed by atoms with Crippen molar-refractivity contribution < 1.29 is 9.26 Å². The number of ether oxygens (including phenoxy) is 1. The minimum absolute atomic E-state index is 0.309. The van der Waals surface area contributed by atoms with E-state index in [4.69, 9.17) is 15.0 Å². The molecule has 1 saturated heterocycles. The molecule has 1 aromatic rings. The molecule has 1 aliphatic heterocycles. The summed E-state index contributed by atoms with van der Waals surface area (Å²) < 4.78 is 10.7. The Kier molecular flexibility index (Phi) is 4.72. The summed E-state index contributed by atoms with van der Waals surface area (Å²) in [5, 5.41) is 4.06. The van der Waals surface area contributed by atoms with E-state index in [9.17, 15) is 0 Å². The fourth-order valence-electron chi connectivity index (χ4n) is 2.43. The van der Waals surface area contributed by atoms with Crippen molar-refractivity contribution in [3.8, 4) is 0 Å². The van der Waals surface area contributed by atoms with Crippen molar-refractivity contribution in [2.24, 2.45) is 17.6 Å². The average molecular weight is 253 g/mol. The Balaban J connectivity index is 1.92. The first-order chi connectivity index (χ1) is 8.69. The Morgan fingerprint density at radius 1 is 1.44 bits per heavy atom. The molecule has 2 rings (SSSR count). The van der Waals surface area contributed by atoms with Gasteiger partial charge >= 0.3 is 0 Å². The van der Waals surface area contributed by atoms with Gasteiger partial charge in [0.25, 0.3) is 0 Å². The molecule has 0 amide bonds. The van der Waals surface area contributed by atoms with E-state index in [2.05, 4.69) is 24.0 Å². The average Bonchev–Trinajstić information content (AvgIpc) is 2.97. The van der Waals surface area contributed by atoms with Crippen molar-refractivity contribution in [1.82, 2.24) is 10.1 Å². The van der Waals surface area contributed by atoms with Crippen molar-refractivity contribution in [2.75, 3.05) is 19.8 Å². The summed E-state index contributed by atoms with van der Waals surface area (Å²) in [6.45, 7) is 6.59. The van der Waals surface area contributed by atoms with Crippen LogP contribution in [0.3, 0.4) is 0 Å². The number of aromatic nitrogens is 2. The zero-order chi connectivity index (χ0) is 13.0. The lowest BCUT2D eigenvalue weighted by Crippen LogP contribution is -2.19. The number of hydrogen-bond acceptors (Lipinski definition) is 5. The molecule has 0 radical (unpaired) electrons. The van der Waals surface area contributed by atoms with Crippen LogP contribution in [-0.4, -0.2) is 29.9 Å². The highest BCUT2D eigenvalue weighted by molar-refractivity contribution is 4.98. The molecule has 1 unspecified atom stereocenters. The number of rotatable bonds is 6. The van der Waals surface area contributed by atoms with E-state index in [0.29, 0.717) is 36.8 Å². The molecular formula is C13H23N3O2. The van der Waals surface area contributed by atoms with Crippen molar-refractivity contribution in [3.05, 3.63) is 11.7 Å². The molecule has 18 heavy (non-hydrogen) atoms. The third-order valence-corrected chi connectivity index (χ3v) is 3.38. The van der Waals surface area contributed by atoms with E-state index in [-0.39, 0.29) is 0 Å². The summed E-state index contributed by atoms with van der Waals surface area (Å²) in [4.78, 5) is 4.47. The van der Waals surface area contributed by atoms with Crippen molar-refractivity contribution in [3.63, 3.8) is 0 Å². The number of nitrogens with two attached hydrogens (primary N) is 1. The lowest BCUT2D eigenvalue weighted by atomic mass is 9.94. The smallest absolute Gasteiger partial charge is 0.226 e. The molecule has 1 fully saturated rings. The van der Waals surface area contributed by atoms with Gasteiger partial charge in [0.2, 0.25) is 5.89 Å². The topological polar surface area (TPSA) is 74.2 Å². The van der Waals surface area contributed by atoms with Gasteiger partial charge in [-0.15, -0.1) is 0 Å². The lowest BCUT2D eigenvalue weighted by molar-refractivity contribution is 0.192. The van der Waals surface area contributed by atoms with Gasteiger partial charge in [-0.25, -0.2) is 0 Å². The standard InChI is InChI=1S/C13H23N3O2/c1-9(2)5-10(7-14)6-12-15-13(16-18-12)11-3-4-17-8-11/h9-11H,3-8,14H2,1-2H3/t10-,11?/m0/s1. The third-order valence-electron chi connectivity index (χ3n) is 3.38. The van der Waals surface area contributed by atoms with Gasteiger partial charge in [-0.2, -0.15) is 4.98 Å². The van der Waals surface area contributed by atoms with E-state index in [1.807, 2.05) is 0 Å². The fourth-order valence-corrected chi connectivity index (χ4v) is 2.43. The third kappa shape index (κ3) is 3.53. The Morgan fingerprint density at radius 2 is 2.28 bits per heavy atom. The zero-order valence-electron chi connectivity index (χ0n) is 11.3. The first-order valence-electron chi connectivity index (χ1n) is 6.79. The van der Waals surface area contributed by atoms with Crippen LogP contribution in [0.15, 0.2) is 4.52 Å². The summed E-state index contributed by atoms with van der Waals surface area (Å²) in [6.07, 6.45) is 2.88. The Hall–Kier alpha value is -0.940. The Morgan fingerprint density at radius 3 is 2.89 bits per heavy atom. The van der Waals surface area contributed by atoms with Crippen molar-refractivity contribution in [2.45, 2.75) is 39.0 Å². The summed E-state index contributed by atoms with van der Waals surface area (Å²) in [5.74, 6) is 2.89. The molecule has 2 heterocycles. The highest BCUT2D eigenvalue weighted by atomic mass is 16.5. The lowest BCUT2D eigenvalue weighted by Gasteiger charge is -2.14. The van der Waals surface area contributed by atoms with Crippen LogP contribution < -0.4 is 5.73 Å². The monoisotopic (exact) mass is 253 g/mol. The van der Waals surface area contributed by atoms with Gasteiger partial charge in [0.05, 0.1) is 6.61 Å². The quantitative estimate of drug-likeness (QED) is 0.835. The van der Waals surface area contributed by atoms with Gasteiger partial charge in [0.1, 0.15) is 0 Å². The molecule has 2 N–H and O–H groups in total. The van der Waals surface area contributed by atoms with Crippen LogP contribution in [0.25, 0.3) is 0 Å². The highest BCUT2D eigenvalue weighted by Gasteiger charge is 2.23. The predicted octanol–water partition coefficient (Wildman–Crippen LogP) is 1.74. The van der Waals surface area contributed by atoms with Gasteiger partial charge in [0.15, 0.2) is 5.82 Å². The maximum Gasteiger partial charge on any atom is 0.226 e.